The van der Waals surface area contributed by atoms with Gasteiger partial charge in [0.05, 0.1) is 11.7 Å². The van der Waals surface area contributed by atoms with Crippen LogP contribution in [-0.2, 0) is 11.0 Å². The highest BCUT2D eigenvalue weighted by Crippen LogP contribution is 2.34. The third kappa shape index (κ3) is 3.40. The summed E-state index contributed by atoms with van der Waals surface area (Å²) in [5.41, 5.74) is 4.61. The zero-order chi connectivity index (χ0) is 14.0. The predicted molar refractivity (Wildman–Crippen MR) is 65.7 cm³/mol. The number of hydrogen-bond donors (Lipinski definition) is 1. The highest BCUT2D eigenvalue weighted by atomic mass is 19.4. The van der Waals surface area contributed by atoms with Gasteiger partial charge in [0.25, 0.3) is 7.41 Å². The van der Waals surface area contributed by atoms with E-state index in [0.717, 1.165) is 18.3 Å². The van der Waals surface area contributed by atoms with Crippen LogP contribution in [0.5, 0.6) is 5.75 Å². The second-order valence-corrected chi connectivity index (χ2v) is 4.41. The first-order chi connectivity index (χ1) is 8.88. The van der Waals surface area contributed by atoms with Gasteiger partial charge in [-0.1, -0.05) is 0 Å². The summed E-state index contributed by atoms with van der Waals surface area (Å²) in [6.07, 6.45) is -3.88. The molecule has 19 heavy (non-hydrogen) atoms. The number of ether oxygens (including phenoxy) is 1. The molecule has 2 N–H and O–H groups in total. The number of hydrogen-bond acceptors (Lipinski definition) is 4. The van der Waals surface area contributed by atoms with E-state index in [0.29, 0.717) is 20.5 Å². The van der Waals surface area contributed by atoms with Gasteiger partial charge >= 0.3 is 6.18 Å². The average molecular weight is 272 g/mol. The molecule has 0 saturated carbocycles. The van der Waals surface area contributed by atoms with Gasteiger partial charge in [0.2, 0.25) is 0 Å². The Labute approximate surface area is 108 Å². The van der Waals surface area contributed by atoms with Crippen LogP contribution < -0.4 is 10.5 Å². The molecule has 1 aromatic carbocycles. The number of anilines is 1. The Hall–Kier alpha value is -1.70. The van der Waals surface area contributed by atoms with Gasteiger partial charge in [0.15, 0.2) is 0 Å². The van der Waals surface area contributed by atoms with Crippen molar-refractivity contribution in [3.05, 3.63) is 23.8 Å². The minimum Gasteiger partial charge on any atom is -0.488 e. The monoisotopic (exact) mass is 272 g/mol. The molecule has 0 amide bonds. The molecule has 0 atom stereocenters. The van der Waals surface area contributed by atoms with Crippen molar-refractivity contribution in [2.75, 3.05) is 18.8 Å². The summed E-state index contributed by atoms with van der Waals surface area (Å²) in [5.74, 6) is 0.100. The summed E-state index contributed by atoms with van der Waals surface area (Å²) in [7, 11) is 0.310. The molecule has 0 radical (unpaired) electrons. The van der Waals surface area contributed by atoms with Gasteiger partial charge in [-0.2, -0.15) is 13.2 Å². The number of rotatable bonds is 4. The second-order valence-electron chi connectivity index (χ2n) is 4.41. The normalized spacial score (nSPS) is 16.8. The first kappa shape index (κ1) is 13.7. The molecule has 0 spiro atoms. The fraction of sp³-hybridized carbons (Fsp3) is 0.364. The molecule has 1 aromatic rings. The standard InChI is InChI=1S/C11H12BF3N2O2/c13-11(14,15)7-1-8(16)3-9(2-7)19-10-4-17(5-10)12-6-18/h1-3,6,10,12H,4-5,16H2. The third-order valence-electron chi connectivity index (χ3n) is 2.82. The summed E-state index contributed by atoms with van der Waals surface area (Å²) < 4.78 is 43.2. The van der Waals surface area contributed by atoms with Crippen molar-refractivity contribution in [2.45, 2.75) is 12.3 Å². The lowest BCUT2D eigenvalue weighted by Gasteiger charge is -2.38. The lowest BCUT2D eigenvalue weighted by atomic mass is 9.89. The van der Waals surface area contributed by atoms with Crippen molar-refractivity contribution < 1.29 is 22.7 Å². The molecule has 4 nitrogen and oxygen atoms in total. The van der Waals surface area contributed by atoms with Crippen molar-refractivity contribution in [2.24, 2.45) is 0 Å². The fourth-order valence-corrected chi connectivity index (χ4v) is 1.90. The van der Waals surface area contributed by atoms with Crippen molar-refractivity contribution in [1.29, 1.82) is 0 Å². The number of halogens is 3. The summed E-state index contributed by atoms with van der Waals surface area (Å²) in [5, 5.41) is 0. The molecule has 1 saturated heterocycles. The number of nitrogens with zero attached hydrogens (tertiary/aromatic N) is 1. The van der Waals surface area contributed by atoms with Crippen LogP contribution >= 0.6 is 0 Å². The van der Waals surface area contributed by atoms with Gasteiger partial charge in [-0.3, -0.25) is 0 Å². The minimum atomic E-state index is -4.45. The first-order valence-corrected chi connectivity index (χ1v) is 5.69. The van der Waals surface area contributed by atoms with Crippen LogP contribution in [0.15, 0.2) is 18.2 Å². The van der Waals surface area contributed by atoms with Gasteiger partial charge in [-0.05, 0) is 12.1 Å². The van der Waals surface area contributed by atoms with Crippen molar-refractivity contribution in [3.8, 4) is 5.75 Å². The van der Waals surface area contributed by atoms with Gasteiger partial charge in [0.1, 0.15) is 11.9 Å². The van der Waals surface area contributed by atoms with Gasteiger partial charge in [-0.25, -0.2) is 0 Å². The zero-order valence-corrected chi connectivity index (χ0v) is 9.98. The molecule has 0 aromatic heterocycles. The van der Waals surface area contributed by atoms with E-state index in [9.17, 15) is 18.0 Å². The first-order valence-electron chi connectivity index (χ1n) is 5.69. The summed E-state index contributed by atoms with van der Waals surface area (Å²) in [4.78, 5) is 12.1. The zero-order valence-electron chi connectivity index (χ0n) is 9.98. The highest BCUT2D eigenvalue weighted by Gasteiger charge is 2.32. The maximum atomic E-state index is 12.6. The smallest absolute Gasteiger partial charge is 0.416 e. The Kier molecular flexibility index (Phi) is 3.70. The maximum Gasteiger partial charge on any atom is 0.416 e. The number of alkyl halides is 3. The summed E-state index contributed by atoms with van der Waals surface area (Å²) in [6, 6.07) is 3.16. The molecule has 0 bridgehead atoms. The summed E-state index contributed by atoms with van der Waals surface area (Å²) in [6.45, 7) is 1.05. The number of benzene rings is 1. The van der Waals surface area contributed by atoms with E-state index in [4.69, 9.17) is 10.5 Å². The van der Waals surface area contributed by atoms with E-state index < -0.39 is 11.7 Å². The molecule has 1 fully saturated rings. The van der Waals surface area contributed by atoms with Crippen LogP contribution in [0, 0.1) is 0 Å². The Morgan fingerprint density at radius 2 is 2.05 bits per heavy atom. The second kappa shape index (κ2) is 5.12. The Morgan fingerprint density at radius 1 is 1.37 bits per heavy atom. The molecule has 0 aliphatic carbocycles. The molecule has 1 heterocycles. The number of carbonyl (C=O) groups excluding carboxylic acids is 1. The van der Waals surface area contributed by atoms with Crippen LogP contribution in [0.2, 0.25) is 0 Å². The Balaban J connectivity index is 2.02. The van der Waals surface area contributed by atoms with Gasteiger partial charge in [0, 0.05) is 24.8 Å². The van der Waals surface area contributed by atoms with E-state index in [2.05, 4.69) is 0 Å². The quantitative estimate of drug-likeness (QED) is 0.502. The lowest BCUT2D eigenvalue weighted by Crippen LogP contribution is -2.55. The van der Waals surface area contributed by atoms with Gasteiger partial charge < -0.3 is 20.1 Å². The maximum absolute atomic E-state index is 12.6. The highest BCUT2D eigenvalue weighted by molar-refractivity contribution is 6.64. The van der Waals surface area contributed by atoms with E-state index in [-0.39, 0.29) is 17.5 Å². The largest absolute Gasteiger partial charge is 0.488 e. The molecular formula is C11H12BF3N2O2. The number of carbonyl (C=O) groups is 1. The molecular weight excluding hydrogens is 260 g/mol. The van der Waals surface area contributed by atoms with Crippen molar-refractivity contribution in [3.63, 3.8) is 0 Å². The van der Waals surface area contributed by atoms with E-state index in [1.165, 1.54) is 6.07 Å². The topological polar surface area (TPSA) is 55.6 Å². The number of nitrogens with two attached hydrogens (primary N) is 1. The molecule has 0 unspecified atom stereocenters. The fourth-order valence-electron chi connectivity index (χ4n) is 1.90. The molecule has 2 rings (SSSR count). The molecule has 102 valence electrons. The van der Waals surface area contributed by atoms with Crippen LogP contribution in [0.3, 0.4) is 0 Å². The van der Waals surface area contributed by atoms with E-state index in [1.54, 1.807) is 0 Å². The molecule has 8 heteroatoms. The van der Waals surface area contributed by atoms with Crippen molar-refractivity contribution >= 4 is 19.3 Å². The number of nitrogen functional groups attached to an aromatic ring is 1. The van der Waals surface area contributed by atoms with Crippen LogP contribution in [-0.4, -0.2) is 37.6 Å². The van der Waals surface area contributed by atoms with Gasteiger partial charge in [-0.15, -0.1) is 0 Å². The van der Waals surface area contributed by atoms with E-state index in [1.807, 2.05) is 4.81 Å². The Bertz CT molecular complexity index is 475. The lowest BCUT2D eigenvalue weighted by molar-refractivity contribution is -0.137. The van der Waals surface area contributed by atoms with Crippen LogP contribution in [0.25, 0.3) is 0 Å². The predicted octanol–water partition coefficient (Wildman–Crippen LogP) is 0.892. The molecule has 1 aliphatic rings. The minimum absolute atomic E-state index is 0.00824. The van der Waals surface area contributed by atoms with E-state index >= 15 is 0 Å². The third-order valence-corrected chi connectivity index (χ3v) is 2.82. The molecule has 1 aliphatic heterocycles. The Morgan fingerprint density at radius 3 is 2.63 bits per heavy atom. The average Bonchev–Trinajstić information content (AvgIpc) is 2.24. The SMILES string of the molecule is Nc1cc(OC2CN(BC=O)C2)cc(C(F)(F)F)c1. The van der Waals surface area contributed by atoms with Crippen LogP contribution in [0.4, 0.5) is 18.9 Å². The van der Waals surface area contributed by atoms with Crippen molar-refractivity contribution in [1.82, 2.24) is 4.81 Å². The summed E-state index contributed by atoms with van der Waals surface area (Å²) >= 11 is 0. The van der Waals surface area contributed by atoms with Crippen LogP contribution in [0.1, 0.15) is 5.56 Å².